The summed E-state index contributed by atoms with van der Waals surface area (Å²) in [4.78, 5) is 0. The van der Waals surface area contributed by atoms with Crippen molar-refractivity contribution >= 4 is 0 Å². The van der Waals surface area contributed by atoms with Crippen LogP contribution in [0.3, 0.4) is 0 Å². The fraction of sp³-hybridized carbons (Fsp3) is 0.429. The Bertz CT molecular complexity index is 571. The van der Waals surface area contributed by atoms with Gasteiger partial charge in [-0.25, -0.2) is 8.78 Å². The average Bonchev–Trinajstić information content (AvgIpc) is 2.88. The van der Waals surface area contributed by atoms with Crippen LogP contribution in [0.25, 0.3) is 0 Å². The molecule has 2 rings (SSSR count). The Labute approximate surface area is 116 Å². The van der Waals surface area contributed by atoms with Crippen LogP contribution in [-0.2, 0) is 6.42 Å². The Morgan fingerprint density at radius 2 is 2.00 bits per heavy atom. The van der Waals surface area contributed by atoms with E-state index < -0.39 is 11.6 Å². The van der Waals surface area contributed by atoms with Crippen molar-refractivity contribution in [3.8, 4) is 0 Å². The number of hydrogen-bond donors (Lipinski definition) is 1. The van der Waals surface area contributed by atoms with Crippen molar-refractivity contribution < 1.29 is 13.2 Å². The van der Waals surface area contributed by atoms with Gasteiger partial charge in [0.25, 0.3) is 0 Å². The lowest BCUT2D eigenvalue weighted by atomic mass is 10.1. The third kappa shape index (κ3) is 3.39. The molecule has 0 aliphatic carbocycles. The van der Waals surface area contributed by atoms with Gasteiger partial charge in [0.15, 0.2) is 11.6 Å². The van der Waals surface area contributed by atoms with E-state index in [4.69, 9.17) is 4.42 Å². The number of nitrogens with zero attached hydrogens (tertiary/aromatic N) is 2. The summed E-state index contributed by atoms with van der Waals surface area (Å²) in [6.45, 7) is 4.83. The molecule has 1 unspecified atom stereocenters. The standard InChI is InChI=1S/C14H17F2N3O/c1-3-12(17-4-2)14-19-18-13(20-14)8-9-5-6-10(15)11(16)7-9/h5-7,12,17H,3-4,8H2,1-2H3. The van der Waals surface area contributed by atoms with Gasteiger partial charge in [-0.3, -0.25) is 0 Å². The third-order valence-corrected chi connectivity index (χ3v) is 2.98. The maximum atomic E-state index is 13.1. The van der Waals surface area contributed by atoms with Crippen LogP contribution >= 0.6 is 0 Å². The minimum Gasteiger partial charge on any atom is -0.423 e. The zero-order chi connectivity index (χ0) is 14.5. The van der Waals surface area contributed by atoms with Gasteiger partial charge in [0.2, 0.25) is 11.8 Å². The van der Waals surface area contributed by atoms with E-state index in [-0.39, 0.29) is 12.5 Å². The van der Waals surface area contributed by atoms with E-state index in [9.17, 15) is 8.78 Å². The fourth-order valence-electron chi connectivity index (χ4n) is 1.96. The number of nitrogens with one attached hydrogen (secondary N) is 1. The van der Waals surface area contributed by atoms with Crippen LogP contribution in [-0.4, -0.2) is 16.7 Å². The second-order valence-electron chi connectivity index (χ2n) is 4.48. The molecule has 0 saturated carbocycles. The SMILES string of the molecule is CCNC(CC)c1nnc(Cc2ccc(F)c(F)c2)o1. The summed E-state index contributed by atoms with van der Waals surface area (Å²) in [6.07, 6.45) is 1.12. The zero-order valence-corrected chi connectivity index (χ0v) is 11.5. The molecule has 2 aromatic rings. The minimum absolute atomic E-state index is 0.0196. The first-order valence-corrected chi connectivity index (χ1v) is 6.63. The first kappa shape index (κ1) is 14.6. The molecule has 1 N–H and O–H groups in total. The Kier molecular flexibility index (Phi) is 4.79. The van der Waals surface area contributed by atoms with Crippen molar-refractivity contribution in [3.05, 3.63) is 47.2 Å². The highest BCUT2D eigenvalue weighted by Gasteiger charge is 2.16. The monoisotopic (exact) mass is 281 g/mol. The predicted octanol–water partition coefficient (Wildman–Crippen LogP) is 3.00. The van der Waals surface area contributed by atoms with Gasteiger partial charge in [0, 0.05) is 0 Å². The number of rotatable bonds is 6. The molecule has 0 aliphatic rings. The number of aromatic nitrogens is 2. The molecule has 1 aromatic carbocycles. The Balaban J connectivity index is 2.10. The summed E-state index contributed by atoms with van der Waals surface area (Å²) in [5.41, 5.74) is 0.593. The Hall–Kier alpha value is -1.82. The zero-order valence-electron chi connectivity index (χ0n) is 11.5. The normalized spacial score (nSPS) is 12.6. The van der Waals surface area contributed by atoms with Crippen molar-refractivity contribution in [2.45, 2.75) is 32.7 Å². The molecule has 1 aromatic heterocycles. The quantitative estimate of drug-likeness (QED) is 0.884. The number of benzene rings is 1. The van der Waals surface area contributed by atoms with Crippen molar-refractivity contribution in [1.82, 2.24) is 15.5 Å². The molecule has 0 saturated heterocycles. The van der Waals surface area contributed by atoms with E-state index in [0.29, 0.717) is 17.3 Å². The van der Waals surface area contributed by atoms with Crippen molar-refractivity contribution in [1.29, 1.82) is 0 Å². The first-order chi connectivity index (χ1) is 9.63. The molecule has 20 heavy (non-hydrogen) atoms. The highest BCUT2D eigenvalue weighted by molar-refractivity contribution is 5.20. The van der Waals surface area contributed by atoms with Gasteiger partial charge in [-0.1, -0.05) is 19.9 Å². The maximum Gasteiger partial charge on any atom is 0.233 e. The second kappa shape index (κ2) is 6.56. The average molecular weight is 281 g/mol. The molecular weight excluding hydrogens is 264 g/mol. The molecule has 1 heterocycles. The molecule has 4 nitrogen and oxygen atoms in total. The van der Waals surface area contributed by atoms with Crippen LogP contribution in [0.4, 0.5) is 8.78 Å². The Morgan fingerprint density at radius 1 is 1.20 bits per heavy atom. The molecule has 108 valence electrons. The molecular formula is C14H17F2N3O. The molecule has 0 bridgehead atoms. The van der Waals surface area contributed by atoms with Crippen LogP contribution in [0.5, 0.6) is 0 Å². The first-order valence-electron chi connectivity index (χ1n) is 6.63. The molecule has 6 heteroatoms. The fourth-order valence-corrected chi connectivity index (χ4v) is 1.96. The van der Waals surface area contributed by atoms with E-state index in [1.807, 2.05) is 13.8 Å². The van der Waals surface area contributed by atoms with Crippen LogP contribution in [0.15, 0.2) is 22.6 Å². The molecule has 0 amide bonds. The maximum absolute atomic E-state index is 13.1. The molecule has 0 spiro atoms. The molecule has 0 radical (unpaired) electrons. The van der Waals surface area contributed by atoms with Crippen molar-refractivity contribution in [2.24, 2.45) is 0 Å². The predicted molar refractivity (Wildman–Crippen MR) is 70.2 cm³/mol. The molecule has 0 fully saturated rings. The van der Waals surface area contributed by atoms with Gasteiger partial charge >= 0.3 is 0 Å². The topological polar surface area (TPSA) is 51.0 Å². The van der Waals surface area contributed by atoms with E-state index in [1.165, 1.54) is 6.07 Å². The molecule has 1 atom stereocenters. The number of hydrogen-bond acceptors (Lipinski definition) is 4. The van der Waals surface area contributed by atoms with Gasteiger partial charge in [-0.15, -0.1) is 10.2 Å². The summed E-state index contributed by atoms with van der Waals surface area (Å²) >= 11 is 0. The van der Waals surface area contributed by atoms with E-state index in [0.717, 1.165) is 25.1 Å². The summed E-state index contributed by atoms with van der Waals surface area (Å²) in [6, 6.07) is 3.76. The lowest BCUT2D eigenvalue weighted by Gasteiger charge is -2.10. The largest absolute Gasteiger partial charge is 0.423 e. The summed E-state index contributed by atoms with van der Waals surface area (Å²) < 4.78 is 31.5. The molecule has 0 aliphatic heterocycles. The number of halogens is 2. The Morgan fingerprint density at radius 3 is 2.65 bits per heavy atom. The van der Waals surface area contributed by atoms with Gasteiger partial charge in [-0.05, 0) is 30.7 Å². The van der Waals surface area contributed by atoms with Crippen LogP contribution < -0.4 is 5.32 Å². The smallest absolute Gasteiger partial charge is 0.233 e. The van der Waals surface area contributed by atoms with Gasteiger partial charge < -0.3 is 9.73 Å². The third-order valence-electron chi connectivity index (χ3n) is 2.98. The van der Waals surface area contributed by atoms with Crippen molar-refractivity contribution in [3.63, 3.8) is 0 Å². The highest BCUT2D eigenvalue weighted by Crippen LogP contribution is 2.17. The van der Waals surface area contributed by atoms with Crippen LogP contribution in [0.1, 0.15) is 43.7 Å². The van der Waals surface area contributed by atoms with Crippen LogP contribution in [0.2, 0.25) is 0 Å². The summed E-state index contributed by atoms with van der Waals surface area (Å²) in [7, 11) is 0. The highest BCUT2D eigenvalue weighted by atomic mass is 19.2. The minimum atomic E-state index is -0.874. The van der Waals surface area contributed by atoms with Crippen molar-refractivity contribution in [2.75, 3.05) is 6.54 Å². The second-order valence-corrected chi connectivity index (χ2v) is 4.48. The lowest BCUT2D eigenvalue weighted by molar-refractivity contribution is 0.380. The van der Waals surface area contributed by atoms with E-state index in [1.54, 1.807) is 0 Å². The van der Waals surface area contributed by atoms with Gasteiger partial charge in [-0.2, -0.15) is 0 Å². The van der Waals surface area contributed by atoms with Gasteiger partial charge in [0.1, 0.15) is 0 Å². The van der Waals surface area contributed by atoms with E-state index >= 15 is 0 Å². The lowest BCUT2D eigenvalue weighted by Crippen LogP contribution is -2.20. The van der Waals surface area contributed by atoms with E-state index in [2.05, 4.69) is 15.5 Å². The summed E-state index contributed by atoms with van der Waals surface area (Å²) in [5, 5.41) is 11.2. The van der Waals surface area contributed by atoms with Gasteiger partial charge in [0.05, 0.1) is 12.5 Å². The van der Waals surface area contributed by atoms with Crippen LogP contribution in [0, 0.1) is 11.6 Å². The summed E-state index contributed by atoms with van der Waals surface area (Å²) in [5.74, 6) is -0.825.